The van der Waals surface area contributed by atoms with E-state index in [2.05, 4.69) is 81.0 Å². The first-order valence-corrected chi connectivity index (χ1v) is 13.4. The monoisotopic (exact) mass is 504 g/mol. The highest BCUT2D eigenvalue weighted by atomic mass is 16.5. The van der Waals surface area contributed by atoms with Gasteiger partial charge in [0, 0.05) is 60.7 Å². The van der Waals surface area contributed by atoms with Crippen molar-refractivity contribution in [1.82, 2.24) is 20.0 Å². The Kier molecular flexibility index (Phi) is 6.75. The molecule has 2 saturated heterocycles. The van der Waals surface area contributed by atoms with Crippen LogP contribution in [-0.4, -0.2) is 58.5 Å². The SMILES string of the molecule is CC(C)c1ccc([C@](O)(c2cncc(-c3noc(C(C)(C)C4CCOCC4)n3)c2)C2(C)CN(C)C2)cc1. The fraction of sp³-hybridized carbons (Fsp3) is 0.567. The van der Waals surface area contributed by atoms with Gasteiger partial charge in [0.25, 0.3) is 0 Å². The van der Waals surface area contributed by atoms with Gasteiger partial charge < -0.3 is 19.3 Å². The molecule has 3 aromatic rings. The van der Waals surface area contributed by atoms with E-state index in [0.29, 0.717) is 23.6 Å². The van der Waals surface area contributed by atoms with Crippen molar-refractivity contribution in [2.24, 2.45) is 11.3 Å². The maximum Gasteiger partial charge on any atom is 0.232 e. The van der Waals surface area contributed by atoms with Crippen molar-refractivity contribution in [3.63, 3.8) is 0 Å². The molecule has 2 aliphatic heterocycles. The summed E-state index contributed by atoms with van der Waals surface area (Å²) in [6, 6.07) is 10.3. The molecule has 7 nitrogen and oxygen atoms in total. The molecule has 0 unspecified atom stereocenters. The van der Waals surface area contributed by atoms with E-state index in [-0.39, 0.29) is 10.8 Å². The minimum absolute atomic E-state index is 0.247. The number of hydrogen-bond acceptors (Lipinski definition) is 7. The maximum absolute atomic E-state index is 12.5. The Morgan fingerprint density at radius 1 is 1.05 bits per heavy atom. The number of hydrogen-bond donors (Lipinski definition) is 1. The molecule has 0 amide bonds. The van der Waals surface area contributed by atoms with E-state index >= 15 is 0 Å². The predicted octanol–water partition coefficient (Wildman–Crippen LogP) is 5.15. The Labute approximate surface area is 220 Å². The smallest absolute Gasteiger partial charge is 0.232 e. The van der Waals surface area contributed by atoms with Gasteiger partial charge in [-0.2, -0.15) is 4.98 Å². The van der Waals surface area contributed by atoms with Crippen molar-refractivity contribution >= 4 is 0 Å². The molecule has 1 atom stereocenters. The van der Waals surface area contributed by atoms with Crippen LogP contribution < -0.4 is 0 Å². The van der Waals surface area contributed by atoms with Gasteiger partial charge in [-0.15, -0.1) is 0 Å². The van der Waals surface area contributed by atoms with Gasteiger partial charge in [0.2, 0.25) is 11.7 Å². The van der Waals surface area contributed by atoms with E-state index < -0.39 is 5.60 Å². The first-order chi connectivity index (χ1) is 17.5. The van der Waals surface area contributed by atoms with Crippen molar-refractivity contribution in [2.75, 3.05) is 33.4 Å². The number of nitrogens with zero attached hydrogens (tertiary/aromatic N) is 4. The van der Waals surface area contributed by atoms with E-state index in [1.807, 2.05) is 6.07 Å². The summed E-state index contributed by atoms with van der Waals surface area (Å²) >= 11 is 0. The molecule has 198 valence electrons. The zero-order chi connectivity index (χ0) is 26.4. The van der Waals surface area contributed by atoms with E-state index in [1.54, 1.807) is 12.4 Å². The molecule has 1 N–H and O–H groups in total. The molecule has 0 aliphatic carbocycles. The molecule has 4 heterocycles. The summed E-state index contributed by atoms with van der Waals surface area (Å²) in [6.45, 7) is 14.0. The number of rotatable bonds is 7. The molecule has 0 spiro atoms. The zero-order valence-corrected chi connectivity index (χ0v) is 23.0. The van der Waals surface area contributed by atoms with Crippen LogP contribution in [0.25, 0.3) is 11.4 Å². The Morgan fingerprint density at radius 2 is 1.73 bits per heavy atom. The number of aliphatic hydroxyl groups is 1. The lowest BCUT2D eigenvalue weighted by Gasteiger charge is -2.55. The lowest BCUT2D eigenvalue weighted by Crippen LogP contribution is -2.63. The number of aromatic nitrogens is 3. The average molecular weight is 505 g/mol. The molecule has 2 aliphatic rings. The minimum atomic E-state index is -1.22. The number of likely N-dealkylation sites (tertiary alicyclic amines) is 1. The molecular formula is C30H40N4O3. The second kappa shape index (κ2) is 9.61. The molecule has 2 fully saturated rings. The molecule has 0 saturated carbocycles. The Balaban J connectivity index is 1.52. The van der Waals surface area contributed by atoms with Crippen LogP contribution in [0.15, 0.2) is 47.2 Å². The highest BCUT2D eigenvalue weighted by Gasteiger charge is 2.55. The first-order valence-electron chi connectivity index (χ1n) is 13.4. The summed E-state index contributed by atoms with van der Waals surface area (Å²) < 4.78 is 11.3. The quantitative estimate of drug-likeness (QED) is 0.476. The average Bonchev–Trinajstić information content (AvgIpc) is 3.39. The summed E-state index contributed by atoms with van der Waals surface area (Å²) in [4.78, 5) is 11.6. The lowest BCUT2D eigenvalue weighted by molar-refractivity contribution is -0.127. The molecule has 0 radical (unpaired) electrons. The van der Waals surface area contributed by atoms with Gasteiger partial charge in [-0.25, -0.2) is 0 Å². The summed E-state index contributed by atoms with van der Waals surface area (Å²) in [5.41, 5.74) is 1.78. The molecule has 0 bridgehead atoms. The highest BCUT2D eigenvalue weighted by Crippen LogP contribution is 2.50. The fourth-order valence-electron chi connectivity index (χ4n) is 6.30. The van der Waals surface area contributed by atoms with Gasteiger partial charge >= 0.3 is 0 Å². The van der Waals surface area contributed by atoms with Crippen molar-refractivity contribution in [3.05, 3.63) is 65.3 Å². The highest BCUT2D eigenvalue weighted by molar-refractivity contribution is 5.56. The van der Waals surface area contributed by atoms with Crippen LogP contribution in [0.1, 0.15) is 76.0 Å². The van der Waals surface area contributed by atoms with Gasteiger partial charge in [0.05, 0.1) is 0 Å². The summed E-state index contributed by atoms with van der Waals surface area (Å²) in [6.07, 6.45) is 5.49. The number of pyridine rings is 1. The van der Waals surface area contributed by atoms with Gasteiger partial charge in [-0.05, 0) is 48.9 Å². The third kappa shape index (κ3) is 4.51. The van der Waals surface area contributed by atoms with Gasteiger partial charge in [-0.3, -0.25) is 4.98 Å². The molecule has 5 rings (SSSR count). The molecule has 7 heteroatoms. The molecule has 1 aromatic carbocycles. The molecular weight excluding hydrogens is 464 g/mol. The van der Waals surface area contributed by atoms with Crippen molar-refractivity contribution in [2.45, 2.75) is 64.4 Å². The van der Waals surface area contributed by atoms with Crippen molar-refractivity contribution in [3.8, 4) is 11.4 Å². The number of benzene rings is 1. The standard InChI is InChI=1S/C30H40N4O3/c1-20(2)21-7-9-24(10-8-21)30(35,29(5)18-34(6)19-29)25-15-22(16-31-17-25)26-32-27(37-33-26)28(3,4)23-11-13-36-14-12-23/h7-10,15-17,20,23,35H,11-14,18-19H2,1-6H3/t30-/m0/s1. The normalized spacial score (nSPS) is 20.5. The first kappa shape index (κ1) is 26.0. The van der Waals surface area contributed by atoms with Crippen LogP contribution in [0.2, 0.25) is 0 Å². The lowest BCUT2D eigenvalue weighted by atomic mass is 9.62. The summed E-state index contributed by atoms with van der Waals surface area (Å²) in [5.74, 6) is 1.98. The topological polar surface area (TPSA) is 84.5 Å². The Hall–Kier alpha value is -2.61. The van der Waals surface area contributed by atoms with E-state index in [9.17, 15) is 5.11 Å². The van der Waals surface area contributed by atoms with Crippen molar-refractivity contribution < 1.29 is 14.4 Å². The zero-order valence-electron chi connectivity index (χ0n) is 23.0. The third-order valence-corrected chi connectivity index (χ3v) is 8.74. The van der Waals surface area contributed by atoms with Crippen LogP contribution in [0, 0.1) is 11.3 Å². The van der Waals surface area contributed by atoms with Crippen LogP contribution in [0.3, 0.4) is 0 Å². The van der Waals surface area contributed by atoms with Gasteiger partial charge in [0.1, 0.15) is 5.60 Å². The van der Waals surface area contributed by atoms with Crippen LogP contribution in [0.4, 0.5) is 0 Å². The Bertz CT molecular complexity index is 1220. The number of ether oxygens (including phenoxy) is 1. The van der Waals surface area contributed by atoms with Crippen molar-refractivity contribution in [1.29, 1.82) is 0 Å². The second-order valence-electron chi connectivity index (χ2n) is 12.2. The molecule has 2 aromatic heterocycles. The van der Waals surface area contributed by atoms with Crippen LogP contribution in [0.5, 0.6) is 0 Å². The Morgan fingerprint density at radius 3 is 2.35 bits per heavy atom. The predicted molar refractivity (Wildman–Crippen MR) is 143 cm³/mol. The maximum atomic E-state index is 12.5. The second-order valence-corrected chi connectivity index (χ2v) is 12.2. The van der Waals surface area contributed by atoms with Crippen LogP contribution >= 0.6 is 0 Å². The minimum Gasteiger partial charge on any atom is -0.381 e. The van der Waals surface area contributed by atoms with E-state index in [1.165, 1.54) is 5.56 Å². The largest absolute Gasteiger partial charge is 0.381 e. The molecule has 37 heavy (non-hydrogen) atoms. The van der Waals surface area contributed by atoms with Gasteiger partial charge in [-0.1, -0.05) is 64.0 Å². The summed E-state index contributed by atoms with van der Waals surface area (Å²) in [5, 5.41) is 16.8. The van der Waals surface area contributed by atoms with E-state index in [0.717, 1.165) is 55.8 Å². The van der Waals surface area contributed by atoms with Crippen LogP contribution in [-0.2, 0) is 15.8 Å². The third-order valence-electron chi connectivity index (χ3n) is 8.74. The fourth-order valence-corrected chi connectivity index (χ4v) is 6.30. The summed E-state index contributed by atoms with van der Waals surface area (Å²) in [7, 11) is 2.08. The van der Waals surface area contributed by atoms with Gasteiger partial charge in [0.15, 0.2) is 0 Å². The van der Waals surface area contributed by atoms with E-state index in [4.69, 9.17) is 14.2 Å².